The summed E-state index contributed by atoms with van der Waals surface area (Å²) in [5, 5.41) is 4.55. The number of halogens is 1. The van der Waals surface area contributed by atoms with Crippen LogP contribution in [-0.4, -0.2) is 4.98 Å². The van der Waals surface area contributed by atoms with E-state index in [2.05, 4.69) is 16.7 Å². The predicted octanol–water partition coefficient (Wildman–Crippen LogP) is 5.91. The van der Waals surface area contributed by atoms with E-state index in [1.165, 1.54) is 0 Å². The number of hydrogen-bond acceptors (Lipinski definition) is 3. The fourth-order valence-electron chi connectivity index (χ4n) is 2.72. The van der Waals surface area contributed by atoms with Crippen LogP contribution in [0.5, 0.6) is 0 Å². The molecule has 3 aromatic rings. The van der Waals surface area contributed by atoms with Gasteiger partial charge in [-0.3, -0.25) is 4.98 Å². The molecule has 114 valence electrons. The molecule has 0 N–H and O–H groups in total. The summed E-state index contributed by atoms with van der Waals surface area (Å²) in [6, 6.07) is 13.3. The van der Waals surface area contributed by atoms with Crippen LogP contribution < -0.4 is 0 Å². The highest BCUT2D eigenvalue weighted by molar-refractivity contribution is 6.33. The van der Waals surface area contributed by atoms with E-state index in [1.807, 2.05) is 56.3 Å². The maximum Gasteiger partial charge on any atom is 0.108 e. The molecule has 0 aliphatic heterocycles. The molecule has 1 aromatic heterocycles. The van der Waals surface area contributed by atoms with Crippen LogP contribution in [0.1, 0.15) is 16.8 Å². The molecule has 3 rings (SSSR count). The molecule has 0 spiro atoms. The number of nitrogens with zero attached hydrogens (tertiary/aromatic N) is 2. The Kier molecular flexibility index (Phi) is 3.97. The lowest BCUT2D eigenvalue weighted by Crippen LogP contribution is -1.96. The lowest BCUT2D eigenvalue weighted by Gasteiger charge is -2.15. The third-order valence-corrected chi connectivity index (χ3v) is 4.39. The molecule has 0 saturated heterocycles. The van der Waals surface area contributed by atoms with E-state index in [-0.39, 0.29) is 5.70 Å². The van der Waals surface area contributed by atoms with Gasteiger partial charge in [-0.05, 0) is 48.4 Å². The Morgan fingerprint density at radius 2 is 1.91 bits per heavy atom. The maximum absolute atomic E-state index is 10.8. The molecule has 0 unspecified atom stereocenters. The molecular weight excluding hydrogens is 308 g/mol. The molecule has 0 saturated carbocycles. The second-order valence-electron chi connectivity index (χ2n) is 5.45. The van der Waals surface area contributed by atoms with Crippen molar-refractivity contribution in [1.82, 2.24) is 4.98 Å². The van der Waals surface area contributed by atoms with Crippen LogP contribution >= 0.6 is 11.6 Å². The summed E-state index contributed by atoms with van der Waals surface area (Å²) in [4.78, 5) is 15.4. The van der Waals surface area contributed by atoms with Crippen molar-refractivity contribution < 1.29 is 0 Å². The summed E-state index contributed by atoms with van der Waals surface area (Å²) < 4.78 is 0. The summed E-state index contributed by atoms with van der Waals surface area (Å²) >= 11 is 6.41. The third kappa shape index (κ3) is 2.64. The van der Waals surface area contributed by atoms with Gasteiger partial charge in [-0.2, -0.15) is 0 Å². The van der Waals surface area contributed by atoms with Gasteiger partial charge in [0.2, 0.25) is 0 Å². The number of fused-ring (bicyclic) bond motifs is 1. The van der Waals surface area contributed by atoms with Crippen LogP contribution in [0.4, 0.5) is 0 Å². The second-order valence-corrected chi connectivity index (χ2v) is 5.85. The van der Waals surface area contributed by atoms with E-state index in [0.29, 0.717) is 10.6 Å². The van der Waals surface area contributed by atoms with Gasteiger partial charge in [-0.1, -0.05) is 42.4 Å². The maximum atomic E-state index is 10.8. The molecule has 3 nitrogen and oxygen atoms in total. The molecule has 4 heteroatoms. The van der Waals surface area contributed by atoms with Gasteiger partial charge in [0.15, 0.2) is 0 Å². The first-order valence-electron chi connectivity index (χ1n) is 7.21. The Balaban J connectivity index is 2.42. The Morgan fingerprint density at radius 1 is 1.17 bits per heavy atom. The molecule has 0 amide bonds. The summed E-state index contributed by atoms with van der Waals surface area (Å²) in [6.45, 7) is 7.69. The van der Waals surface area contributed by atoms with Crippen LogP contribution in [0, 0.1) is 18.8 Å². The van der Waals surface area contributed by atoms with Crippen LogP contribution in [0.25, 0.3) is 27.7 Å². The number of nitroso groups, excluding NO2 is 1. The first kappa shape index (κ1) is 15.4. The molecule has 2 aromatic carbocycles. The molecule has 1 heterocycles. The normalized spacial score (nSPS) is 10.7. The monoisotopic (exact) mass is 322 g/mol. The summed E-state index contributed by atoms with van der Waals surface area (Å²) in [5.41, 5.74) is 5.73. The van der Waals surface area contributed by atoms with Crippen molar-refractivity contribution in [2.24, 2.45) is 5.18 Å². The zero-order chi connectivity index (χ0) is 16.6. The average Bonchev–Trinajstić information content (AvgIpc) is 2.56. The number of rotatable bonds is 3. The van der Waals surface area contributed by atoms with Crippen molar-refractivity contribution in [2.45, 2.75) is 13.8 Å². The number of pyridine rings is 1. The fourth-order valence-corrected chi connectivity index (χ4v) is 2.95. The predicted molar refractivity (Wildman–Crippen MR) is 96.5 cm³/mol. The average molecular weight is 323 g/mol. The second kappa shape index (κ2) is 5.94. The van der Waals surface area contributed by atoms with Crippen LogP contribution in [0.15, 0.2) is 54.2 Å². The SMILES string of the molecule is C=C(N=O)c1ccc2nc(C)c(C)c(-c3ccccc3Cl)c2c1. The molecule has 0 radical (unpaired) electrons. The highest BCUT2D eigenvalue weighted by Gasteiger charge is 2.14. The van der Waals surface area contributed by atoms with Gasteiger partial charge in [0.1, 0.15) is 5.70 Å². The Hall–Kier alpha value is -2.52. The third-order valence-electron chi connectivity index (χ3n) is 4.06. The number of hydrogen-bond donors (Lipinski definition) is 0. The number of benzene rings is 2. The number of aromatic nitrogens is 1. The quantitative estimate of drug-likeness (QED) is 0.562. The molecule has 0 atom stereocenters. The van der Waals surface area contributed by atoms with Gasteiger partial charge in [0.25, 0.3) is 0 Å². The van der Waals surface area contributed by atoms with E-state index >= 15 is 0 Å². The Morgan fingerprint density at radius 3 is 2.61 bits per heavy atom. The van der Waals surface area contributed by atoms with Crippen LogP contribution in [-0.2, 0) is 0 Å². The Bertz CT molecular complexity index is 947. The smallest absolute Gasteiger partial charge is 0.108 e. The largest absolute Gasteiger partial charge is 0.253 e. The summed E-state index contributed by atoms with van der Waals surface area (Å²) in [7, 11) is 0. The van der Waals surface area contributed by atoms with E-state index < -0.39 is 0 Å². The van der Waals surface area contributed by atoms with Crippen LogP contribution in [0.2, 0.25) is 5.02 Å². The molecule has 0 aliphatic rings. The van der Waals surface area contributed by atoms with Crippen molar-refractivity contribution in [3.63, 3.8) is 0 Å². The minimum Gasteiger partial charge on any atom is -0.253 e. The first-order chi connectivity index (χ1) is 11.0. The van der Waals surface area contributed by atoms with Gasteiger partial charge >= 0.3 is 0 Å². The molecule has 0 aliphatic carbocycles. The minimum absolute atomic E-state index is 0.204. The molecule has 23 heavy (non-hydrogen) atoms. The van der Waals surface area contributed by atoms with Gasteiger partial charge in [0.05, 0.1) is 5.52 Å². The van der Waals surface area contributed by atoms with Crippen molar-refractivity contribution in [3.8, 4) is 11.1 Å². The lowest BCUT2D eigenvalue weighted by molar-refractivity contribution is 1.20. The zero-order valence-electron chi connectivity index (χ0n) is 12.9. The first-order valence-corrected chi connectivity index (χ1v) is 7.59. The van der Waals surface area contributed by atoms with Crippen molar-refractivity contribution in [1.29, 1.82) is 0 Å². The zero-order valence-corrected chi connectivity index (χ0v) is 13.7. The molecule has 0 fully saturated rings. The van der Waals surface area contributed by atoms with Crippen molar-refractivity contribution >= 4 is 28.2 Å². The minimum atomic E-state index is 0.204. The van der Waals surface area contributed by atoms with Gasteiger partial charge in [-0.15, -0.1) is 4.91 Å². The summed E-state index contributed by atoms with van der Waals surface area (Å²) in [6.07, 6.45) is 0. The lowest BCUT2D eigenvalue weighted by atomic mass is 9.94. The highest BCUT2D eigenvalue weighted by atomic mass is 35.5. The van der Waals surface area contributed by atoms with E-state index in [4.69, 9.17) is 11.6 Å². The van der Waals surface area contributed by atoms with Crippen molar-refractivity contribution in [2.75, 3.05) is 0 Å². The fraction of sp³-hybridized carbons (Fsp3) is 0.105. The topological polar surface area (TPSA) is 42.3 Å². The van der Waals surface area contributed by atoms with E-state index in [0.717, 1.165) is 33.3 Å². The number of aryl methyl sites for hydroxylation is 1. The Labute approximate surface area is 139 Å². The summed E-state index contributed by atoms with van der Waals surface area (Å²) in [5.74, 6) is 0. The standard InChI is InChI=1S/C19H15ClN2O/c1-11-12(2)21-18-9-8-14(13(3)22-23)10-16(18)19(11)15-6-4-5-7-17(15)20/h4-10H,3H2,1-2H3. The van der Waals surface area contributed by atoms with Gasteiger partial charge < -0.3 is 0 Å². The molecule has 0 bridgehead atoms. The van der Waals surface area contributed by atoms with E-state index in [9.17, 15) is 4.91 Å². The van der Waals surface area contributed by atoms with Gasteiger partial charge in [-0.25, -0.2) is 0 Å². The van der Waals surface area contributed by atoms with Crippen molar-refractivity contribution in [3.05, 3.63) is 75.8 Å². The highest BCUT2D eigenvalue weighted by Crippen LogP contribution is 2.37. The van der Waals surface area contributed by atoms with E-state index in [1.54, 1.807) is 0 Å². The van der Waals surface area contributed by atoms with Crippen LogP contribution in [0.3, 0.4) is 0 Å². The molecular formula is C19H15ClN2O. The van der Waals surface area contributed by atoms with Gasteiger partial charge in [0, 0.05) is 27.2 Å².